The number of ether oxygens (including phenoxy) is 1. The van der Waals surface area contributed by atoms with Crippen molar-refractivity contribution in [2.24, 2.45) is 0 Å². The first-order valence-corrected chi connectivity index (χ1v) is 8.83. The second-order valence-corrected chi connectivity index (χ2v) is 6.22. The lowest BCUT2D eigenvalue weighted by Gasteiger charge is -2.16. The van der Waals surface area contributed by atoms with E-state index in [1.165, 1.54) is 7.11 Å². The fraction of sp³-hybridized carbons (Fsp3) is 0.0833. The number of methoxy groups -OCH3 is 1. The molecule has 0 saturated heterocycles. The molecule has 3 rings (SSSR count). The lowest BCUT2D eigenvalue weighted by atomic mass is 9.92. The normalized spacial score (nSPS) is 12.3. The molecular formula is C24H20O4. The van der Waals surface area contributed by atoms with Gasteiger partial charge in [0.25, 0.3) is 0 Å². The molecule has 0 aliphatic carbocycles. The van der Waals surface area contributed by atoms with Crippen molar-refractivity contribution in [2.75, 3.05) is 7.11 Å². The predicted molar refractivity (Wildman–Crippen MR) is 108 cm³/mol. The Balaban J connectivity index is 2.00. The van der Waals surface area contributed by atoms with Crippen molar-refractivity contribution >= 4 is 17.8 Å². The molecule has 140 valence electrons. The van der Waals surface area contributed by atoms with E-state index in [0.717, 1.165) is 5.56 Å². The average molecular weight is 372 g/mol. The highest BCUT2D eigenvalue weighted by Gasteiger charge is 2.22. The summed E-state index contributed by atoms with van der Waals surface area (Å²) in [6.07, 6.45) is 0.549. The van der Waals surface area contributed by atoms with Gasteiger partial charge in [-0.15, -0.1) is 0 Å². The molecule has 0 aromatic heterocycles. The third-order valence-corrected chi connectivity index (χ3v) is 4.36. The predicted octanol–water partition coefficient (Wildman–Crippen LogP) is 4.47. The van der Waals surface area contributed by atoms with E-state index in [4.69, 9.17) is 4.74 Å². The summed E-state index contributed by atoms with van der Waals surface area (Å²) >= 11 is 0. The fourth-order valence-electron chi connectivity index (χ4n) is 2.85. The van der Waals surface area contributed by atoms with Crippen molar-refractivity contribution in [3.63, 3.8) is 0 Å². The number of aliphatic hydroxyl groups is 1. The summed E-state index contributed by atoms with van der Waals surface area (Å²) < 4.78 is 4.69. The Hall–Kier alpha value is -3.50. The lowest BCUT2D eigenvalue weighted by molar-refractivity contribution is 0.0600. The quantitative estimate of drug-likeness (QED) is 0.394. The molecule has 1 unspecified atom stereocenters. The van der Waals surface area contributed by atoms with Crippen LogP contribution >= 0.6 is 0 Å². The van der Waals surface area contributed by atoms with Gasteiger partial charge in [-0.2, -0.15) is 0 Å². The first-order chi connectivity index (χ1) is 13.6. The molecule has 4 nitrogen and oxygen atoms in total. The van der Waals surface area contributed by atoms with Crippen molar-refractivity contribution in [1.82, 2.24) is 0 Å². The van der Waals surface area contributed by atoms with Crippen molar-refractivity contribution in [1.29, 1.82) is 0 Å². The van der Waals surface area contributed by atoms with E-state index < -0.39 is 12.1 Å². The van der Waals surface area contributed by atoms with Gasteiger partial charge in [-0.3, -0.25) is 4.79 Å². The molecule has 0 fully saturated rings. The van der Waals surface area contributed by atoms with Crippen molar-refractivity contribution in [3.8, 4) is 0 Å². The molecule has 1 atom stereocenters. The Morgan fingerprint density at radius 3 is 1.96 bits per heavy atom. The third-order valence-electron chi connectivity index (χ3n) is 4.36. The van der Waals surface area contributed by atoms with E-state index in [2.05, 4.69) is 0 Å². The zero-order chi connectivity index (χ0) is 19.9. The van der Waals surface area contributed by atoms with Crippen molar-refractivity contribution < 1.29 is 19.4 Å². The summed E-state index contributed by atoms with van der Waals surface area (Å²) in [7, 11) is 1.31. The molecule has 0 heterocycles. The van der Waals surface area contributed by atoms with Gasteiger partial charge in [0, 0.05) is 11.1 Å². The summed E-state index contributed by atoms with van der Waals surface area (Å²) in [5.74, 6) is -0.713. The maximum absolute atomic E-state index is 13.1. The minimum atomic E-state index is -1.14. The van der Waals surface area contributed by atoms with Gasteiger partial charge in [0.2, 0.25) is 0 Å². The maximum Gasteiger partial charge on any atom is 0.337 e. The average Bonchev–Trinajstić information content (AvgIpc) is 2.77. The molecule has 0 saturated carbocycles. The van der Waals surface area contributed by atoms with E-state index >= 15 is 0 Å². The topological polar surface area (TPSA) is 63.6 Å². The zero-order valence-electron chi connectivity index (χ0n) is 15.4. The molecule has 0 aliphatic rings. The zero-order valence-corrected chi connectivity index (χ0v) is 15.4. The van der Waals surface area contributed by atoms with Crippen LogP contribution in [0.15, 0.2) is 90.5 Å². The number of hydrogen-bond acceptors (Lipinski definition) is 4. The van der Waals surface area contributed by atoms with Crippen LogP contribution in [-0.4, -0.2) is 24.0 Å². The van der Waals surface area contributed by atoms with E-state index in [9.17, 15) is 14.7 Å². The second-order valence-electron chi connectivity index (χ2n) is 6.22. The SMILES string of the molecule is COC(=O)c1ccc(C(O)/C(=C/c2ccccc2)C(=O)c2ccccc2)cc1. The van der Waals surface area contributed by atoms with Gasteiger partial charge < -0.3 is 9.84 Å². The van der Waals surface area contributed by atoms with Crippen LogP contribution in [0.25, 0.3) is 6.08 Å². The number of Topliss-reactive ketones (excluding diaryl/α,β-unsaturated/α-hetero) is 1. The van der Waals surface area contributed by atoms with E-state index in [-0.39, 0.29) is 11.4 Å². The van der Waals surface area contributed by atoms with Gasteiger partial charge in [0.1, 0.15) is 6.10 Å². The van der Waals surface area contributed by atoms with Crippen LogP contribution < -0.4 is 0 Å². The molecule has 0 bridgehead atoms. The van der Waals surface area contributed by atoms with Crippen LogP contribution in [0, 0.1) is 0 Å². The number of rotatable bonds is 6. The molecule has 0 aliphatic heterocycles. The van der Waals surface area contributed by atoms with Gasteiger partial charge >= 0.3 is 5.97 Å². The van der Waals surface area contributed by atoms with Crippen LogP contribution in [0.3, 0.4) is 0 Å². The van der Waals surface area contributed by atoms with E-state index in [1.807, 2.05) is 36.4 Å². The van der Waals surface area contributed by atoms with Gasteiger partial charge in [0.05, 0.1) is 12.7 Å². The van der Waals surface area contributed by atoms with E-state index in [1.54, 1.807) is 54.6 Å². The number of benzene rings is 3. The van der Waals surface area contributed by atoms with E-state index in [0.29, 0.717) is 16.7 Å². The molecule has 0 amide bonds. The molecule has 3 aromatic carbocycles. The van der Waals surface area contributed by atoms with Crippen LogP contribution in [0.2, 0.25) is 0 Å². The minimum Gasteiger partial charge on any atom is -0.465 e. The van der Waals surface area contributed by atoms with Gasteiger partial charge in [-0.05, 0) is 29.3 Å². The monoisotopic (exact) mass is 372 g/mol. The largest absolute Gasteiger partial charge is 0.465 e. The number of ketones is 1. The van der Waals surface area contributed by atoms with Crippen molar-refractivity contribution in [2.45, 2.75) is 6.10 Å². The highest BCUT2D eigenvalue weighted by atomic mass is 16.5. The van der Waals surface area contributed by atoms with Crippen LogP contribution in [-0.2, 0) is 4.74 Å². The van der Waals surface area contributed by atoms with Crippen LogP contribution in [0.4, 0.5) is 0 Å². The molecule has 0 spiro atoms. The standard InChI is InChI=1S/C24H20O4/c1-28-24(27)20-14-12-19(13-15-20)23(26)21(16-17-8-4-2-5-9-17)22(25)18-10-6-3-7-11-18/h2-16,23,26H,1H3/b21-16+. The summed E-state index contributed by atoms with van der Waals surface area (Å²) in [4.78, 5) is 24.7. The Morgan fingerprint density at radius 2 is 1.39 bits per heavy atom. The summed E-state index contributed by atoms with van der Waals surface area (Å²) in [6.45, 7) is 0. The number of carbonyl (C=O) groups excluding carboxylic acids is 2. The van der Waals surface area contributed by atoms with Crippen molar-refractivity contribution in [3.05, 3.63) is 113 Å². The van der Waals surface area contributed by atoms with Crippen LogP contribution in [0.1, 0.15) is 37.9 Å². The summed E-state index contributed by atoms with van der Waals surface area (Å²) in [5.41, 5.74) is 2.45. The third kappa shape index (κ3) is 4.42. The highest BCUT2D eigenvalue weighted by Crippen LogP contribution is 2.27. The maximum atomic E-state index is 13.1. The molecular weight excluding hydrogens is 352 g/mol. The molecule has 1 N–H and O–H groups in total. The Labute approximate surface area is 163 Å². The number of esters is 1. The smallest absolute Gasteiger partial charge is 0.337 e. The Kier molecular flexibility index (Phi) is 6.14. The first-order valence-electron chi connectivity index (χ1n) is 8.83. The lowest BCUT2D eigenvalue weighted by Crippen LogP contribution is -2.12. The second kappa shape index (κ2) is 8.93. The molecule has 28 heavy (non-hydrogen) atoms. The fourth-order valence-corrected chi connectivity index (χ4v) is 2.85. The Bertz CT molecular complexity index is 974. The molecule has 3 aromatic rings. The Morgan fingerprint density at radius 1 is 0.821 bits per heavy atom. The first kappa shape index (κ1) is 19.3. The van der Waals surface area contributed by atoms with Gasteiger partial charge in [-0.25, -0.2) is 4.79 Å². The highest BCUT2D eigenvalue weighted by molar-refractivity contribution is 6.12. The number of hydrogen-bond donors (Lipinski definition) is 1. The number of aliphatic hydroxyl groups excluding tert-OH is 1. The van der Waals surface area contributed by atoms with Crippen LogP contribution in [0.5, 0.6) is 0 Å². The van der Waals surface area contributed by atoms with Gasteiger partial charge in [0.15, 0.2) is 5.78 Å². The minimum absolute atomic E-state index is 0.253. The summed E-state index contributed by atoms with van der Waals surface area (Å²) in [6, 6.07) is 24.6. The summed E-state index contributed by atoms with van der Waals surface area (Å²) in [5, 5.41) is 11.0. The van der Waals surface area contributed by atoms with Gasteiger partial charge in [-0.1, -0.05) is 72.8 Å². The number of carbonyl (C=O) groups is 2. The molecule has 0 radical (unpaired) electrons. The molecule has 4 heteroatoms.